The van der Waals surface area contributed by atoms with E-state index in [-0.39, 0.29) is 0 Å². The van der Waals surface area contributed by atoms with Crippen LogP contribution in [0.4, 0.5) is 0 Å². The molecule has 0 aliphatic carbocycles. The van der Waals surface area contributed by atoms with E-state index in [1.54, 1.807) is 6.20 Å². The molecule has 10 heavy (non-hydrogen) atoms. The zero-order valence-corrected chi connectivity index (χ0v) is 6.06. The van der Waals surface area contributed by atoms with Gasteiger partial charge >= 0.3 is 0 Å². The van der Waals surface area contributed by atoms with E-state index < -0.39 is 0 Å². The third-order valence-corrected chi connectivity index (χ3v) is 1.11. The van der Waals surface area contributed by atoms with Gasteiger partial charge in [0.05, 0.1) is 12.2 Å². The Hall–Kier alpha value is -1.03. The maximum Gasteiger partial charge on any atom is 0.134 e. The van der Waals surface area contributed by atoms with Crippen LogP contribution in [-0.2, 0) is 6.54 Å². The van der Waals surface area contributed by atoms with Gasteiger partial charge in [-0.25, -0.2) is 0 Å². The Morgan fingerprint density at radius 1 is 1.70 bits per heavy atom. The second-order valence-corrected chi connectivity index (χ2v) is 1.87. The SMILES string of the molecule is S=[C]NCc1cccnn1. The van der Waals surface area contributed by atoms with Crippen molar-refractivity contribution in [1.82, 2.24) is 15.5 Å². The molecule has 0 spiro atoms. The molecule has 0 saturated carbocycles. The quantitative estimate of drug-likeness (QED) is 0.502. The van der Waals surface area contributed by atoms with Crippen molar-refractivity contribution >= 4 is 17.7 Å². The minimum Gasteiger partial charge on any atom is -0.368 e. The lowest BCUT2D eigenvalue weighted by atomic mass is 10.4. The van der Waals surface area contributed by atoms with Crippen LogP contribution in [0.1, 0.15) is 5.69 Å². The zero-order valence-electron chi connectivity index (χ0n) is 5.24. The zero-order chi connectivity index (χ0) is 7.23. The van der Waals surface area contributed by atoms with Crippen LogP contribution < -0.4 is 5.32 Å². The van der Waals surface area contributed by atoms with E-state index in [1.807, 2.05) is 12.1 Å². The summed E-state index contributed by atoms with van der Waals surface area (Å²) in [6.45, 7) is 0.595. The molecule has 1 aromatic rings. The van der Waals surface area contributed by atoms with Crippen molar-refractivity contribution in [1.29, 1.82) is 0 Å². The minimum absolute atomic E-state index is 0.595. The molecule has 1 heterocycles. The number of hydrogen-bond donors (Lipinski definition) is 1. The van der Waals surface area contributed by atoms with Gasteiger partial charge in [-0.3, -0.25) is 0 Å². The first-order valence-corrected chi connectivity index (χ1v) is 3.21. The lowest BCUT2D eigenvalue weighted by Gasteiger charge is -1.94. The fraction of sp³-hybridized carbons (Fsp3) is 0.167. The Labute approximate surface area is 64.5 Å². The van der Waals surface area contributed by atoms with E-state index in [1.165, 1.54) is 0 Å². The number of thiocarbonyl (C=S) groups is 1. The normalized spacial score (nSPS) is 8.80. The summed E-state index contributed by atoms with van der Waals surface area (Å²) in [6.07, 6.45) is 1.63. The van der Waals surface area contributed by atoms with E-state index >= 15 is 0 Å². The van der Waals surface area contributed by atoms with Crippen LogP contribution >= 0.6 is 12.2 Å². The molecule has 51 valence electrons. The van der Waals surface area contributed by atoms with Gasteiger partial charge in [0, 0.05) is 6.20 Å². The molecule has 0 saturated heterocycles. The van der Waals surface area contributed by atoms with Gasteiger partial charge in [-0.15, -0.1) is 0 Å². The molecule has 0 atom stereocenters. The van der Waals surface area contributed by atoms with Gasteiger partial charge in [-0.1, -0.05) is 12.2 Å². The highest BCUT2D eigenvalue weighted by Crippen LogP contribution is 1.87. The van der Waals surface area contributed by atoms with Gasteiger partial charge in [0.15, 0.2) is 0 Å². The van der Waals surface area contributed by atoms with Crippen LogP contribution in [-0.4, -0.2) is 15.7 Å². The molecule has 0 aliphatic heterocycles. The molecule has 1 aromatic heterocycles. The van der Waals surface area contributed by atoms with Crippen LogP contribution in [0.2, 0.25) is 0 Å². The highest BCUT2D eigenvalue weighted by Gasteiger charge is 1.88. The maximum absolute atomic E-state index is 4.44. The second-order valence-electron chi connectivity index (χ2n) is 1.67. The summed E-state index contributed by atoms with van der Waals surface area (Å²) in [7, 11) is 0. The molecule has 1 N–H and O–H groups in total. The molecule has 0 fully saturated rings. The molecule has 4 heteroatoms. The highest BCUT2D eigenvalue weighted by molar-refractivity contribution is 7.78. The van der Waals surface area contributed by atoms with Crippen LogP contribution in [0.15, 0.2) is 18.3 Å². The number of nitrogens with one attached hydrogen (secondary N) is 1. The first-order valence-electron chi connectivity index (χ1n) is 2.80. The summed E-state index contributed by atoms with van der Waals surface area (Å²) in [5.41, 5.74) is 3.24. The fourth-order valence-corrected chi connectivity index (χ4v) is 0.627. The first kappa shape index (κ1) is 7.08. The van der Waals surface area contributed by atoms with E-state index in [9.17, 15) is 0 Å². The van der Waals surface area contributed by atoms with Crippen molar-refractivity contribution in [2.45, 2.75) is 6.54 Å². The predicted molar refractivity (Wildman–Crippen MR) is 41.5 cm³/mol. The highest BCUT2D eigenvalue weighted by atomic mass is 32.1. The third kappa shape index (κ3) is 2.06. The average Bonchev–Trinajstić information content (AvgIpc) is 2.03. The lowest BCUT2D eigenvalue weighted by molar-refractivity contribution is 0.844. The topological polar surface area (TPSA) is 37.8 Å². The van der Waals surface area contributed by atoms with Crippen molar-refractivity contribution in [2.75, 3.05) is 0 Å². The Morgan fingerprint density at radius 3 is 3.20 bits per heavy atom. The van der Waals surface area contributed by atoms with Crippen molar-refractivity contribution in [2.24, 2.45) is 0 Å². The van der Waals surface area contributed by atoms with Crippen molar-refractivity contribution < 1.29 is 0 Å². The molecule has 1 rings (SSSR count). The first-order chi connectivity index (χ1) is 4.93. The molecule has 0 amide bonds. The van der Waals surface area contributed by atoms with Gasteiger partial charge in [0.25, 0.3) is 0 Å². The Kier molecular flexibility index (Phi) is 2.76. The minimum atomic E-state index is 0.595. The van der Waals surface area contributed by atoms with Gasteiger partial charge in [0.2, 0.25) is 0 Å². The van der Waals surface area contributed by atoms with Crippen LogP contribution in [0, 0.1) is 0 Å². The summed E-state index contributed by atoms with van der Waals surface area (Å²) in [5.74, 6) is 0. The van der Waals surface area contributed by atoms with E-state index in [2.05, 4.69) is 33.2 Å². The summed E-state index contributed by atoms with van der Waals surface area (Å²) >= 11 is 4.44. The van der Waals surface area contributed by atoms with Crippen LogP contribution in [0.25, 0.3) is 0 Å². The van der Waals surface area contributed by atoms with Gasteiger partial charge in [0.1, 0.15) is 5.49 Å². The van der Waals surface area contributed by atoms with E-state index in [0.29, 0.717) is 6.54 Å². The molecule has 0 bridgehead atoms. The number of aromatic nitrogens is 2. The third-order valence-electron chi connectivity index (χ3n) is 0.969. The molecule has 3 nitrogen and oxygen atoms in total. The molecule has 1 radical (unpaired) electrons. The smallest absolute Gasteiger partial charge is 0.134 e. The number of rotatable bonds is 3. The molecule has 0 aromatic carbocycles. The van der Waals surface area contributed by atoms with Crippen LogP contribution in [0.3, 0.4) is 0 Å². The fourth-order valence-electron chi connectivity index (χ4n) is 0.554. The van der Waals surface area contributed by atoms with Gasteiger partial charge in [-0.05, 0) is 12.1 Å². The lowest BCUT2D eigenvalue weighted by Crippen LogP contribution is -2.09. The molecular formula is C6H6N3S. The summed E-state index contributed by atoms with van der Waals surface area (Å²) < 4.78 is 0. The van der Waals surface area contributed by atoms with E-state index in [4.69, 9.17) is 0 Å². The van der Waals surface area contributed by atoms with Gasteiger partial charge in [-0.2, -0.15) is 10.2 Å². The number of hydrogen-bond acceptors (Lipinski definition) is 3. The standard InChI is InChI=1S/C6H6N3S/c10-5-7-4-6-2-1-3-8-9-6/h1-3H,4H2,(H,7,10). The maximum atomic E-state index is 4.44. The number of nitrogens with zero attached hydrogens (tertiary/aromatic N) is 2. The predicted octanol–water partition coefficient (Wildman–Crippen LogP) is 0.400. The summed E-state index contributed by atoms with van der Waals surface area (Å²) in [6, 6.07) is 3.69. The molecule has 0 aliphatic rings. The van der Waals surface area contributed by atoms with Crippen molar-refractivity contribution in [3.8, 4) is 0 Å². The largest absolute Gasteiger partial charge is 0.368 e. The Morgan fingerprint density at radius 2 is 2.60 bits per heavy atom. The Bertz CT molecular complexity index is 199. The Balaban J connectivity index is 2.50. The average molecular weight is 152 g/mol. The van der Waals surface area contributed by atoms with Crippen LogP contribution in [0.5, 0.6) is 0 Å². The second kappa shape index (κ2) is 3.90. The van der Waals surface area contributed by atoms with Crippen molar-refractivity contribution in [3.63, 3.8) is 0 Å². The molecular weight excluding hydrogens is 146 g/mol. The summed E-state index contributed by atoms with van der Waals surface area (Å²) in [4.78, 5) is 0. The molecule has 0 unspecified atom stereocenters. The van der Waals surface area contributed by atoms with Crippen molar-refractivity contribution in [3.05, 3.63) is 24.0 Å². The van der Waals surface area contributed by atoms with Gasteiger partial charge < -0.3 is 5.32 Å². The van der Waals surface area contributed by atoms with E-state index in [0.717, 1.165) is 5.69 Å². The summed E-state index contributed by atoms with van der Waals surface area (Å²) in [5, 5.41) is 10.2. The monoisotopic (exact) mass is 152 g/mol.